The third-order valence-electron chi connectivity index (χ3n) is 2.72. The van der Waals surface area contributed by atoms with Crippen LogP contribution in [0.25, 0.3) is 11.0 Å². The smallest absolute Gasteiger partial charge is 0.147 e. The molecule has 96 valence electrons. The average molecular weight is 246 g/mol. The van der Waals surface area contributed by atoms with Crippen molar-refractivity contribution in [2.45, 2.75) is 6.04 Å². The van der Waals surface area contributed by atoms with E-state index in [1.807, 2.05) is 36.2 Å². The predicted octanol–water partition coefficient (Wildman–Crippen LogP) is 1.04. The summed E-state index contributed by atoms with van der Waals surface area (Å²) < 4.78 is 5.02. The van der Waals surface area contributed by atoms with Crippen LogP contribution in [0.1, 0.15) is 0 Å². The maximum atomic E-state index is 5.92. The molecule has 0 saturated carbocycles. The number of likely N-dealkylation sites (N-methyl/N-ethyl adjacent to an activating group) is 1. The molecule has 0 radical (unpaired) electrons. The van der Waals surface area contributed by atoms with Crippen molar-refractivity contribution < 1.29 is 4.74 Å². The van der Waals surface area contributed by atoms with Gasteiger partial charge in [-0.25, -0.2) is 4.98 Å². The molecule has 0 bridgehead atoms. The molecule has 0 aliphatic carbocycles. The van der Waals surface area contributed by atoms with Gasteiger partial charge in [-0.15, -0.1) is 0 Å². The summed E-state index contributed by atoms with van der Waals surface area (Å²) in [5.41, 5.74) is 7.71. The van der Waals surface area contributed by atoms with Gasteiger partial charge >= 0.3 is 0 Å². The molecule has 5 heteroatoms. The Morgan fingerprint density at radius 1 is 1.33 bits per heavy atom. The zero-order valence-corrected chi connectivity index (χ0v) is 10.7. The Balaban J connectivity index is 2.15. The molecule has 2 rings (SSSR count). The Labute approximate surface area is 107 Å². The minimum atomic E-state index is -0.0340. The number of para-hydroxylation sites is 2. The van der Waals surface area contributed by atoms with Crippen LogP contribution in [0.4, 0.5) is 5.82 Å². The minimum absolute atomic E-state index is 0.0340. The Morgan fingerprint density at radius 2 is 2.06 bits per heavy atom. The number of methoxy groups -OCH3 is 1. The van der Waals surface area contributed by atoms with Crippen LogP contribution in [0.3, 0.4) is 0 Å². The normalized spacial score (nSPS) is 12.6. The zero-order chi connectivity index (χ0) is 13.0. The van der Waals surface area contributed by atoms with E-state index < -0.39 is 0 Å². The first-order chi connectivity index (χ1) is 8.70. The monoisotopic (exact) mass is 246 g/mol. The van der Waals surface area contributed by atoms with E-state index in [-0.39, 0.29) is 6.04 Å². The van der Waals surface area contributed by atoms with Gasteiger partial charge in [0.2, 0.25) is 0 Å². The molecule has 0 aliphatic heterocycles. The second kappa shape index (κ2) is 5.75. The van der Waals surface area contributed by atoms with Crippen molar-refractivity contribution in [2.75, 3.05) is 32.2 Å². The third kappa shape index (κ3) is 2.94. The van der Waals surface area contributed by atoms with E-state index in [1.165, 1.54) is 0 Å². The molecule has 5 nitrogen and oxygen atoms in total. The summed E-state index contributed by atoms with van der Waals surface area (Å²) in [5.74, 6) is 0.820. The van der Waals surface area contributed by atoms with Gasteiger partial charge in [0.15, 0.2) is 0 Å². The number of aromatic nitrogens is 2. The number of rotatable bonds is 5. The van der Waals surface area contributed by atoms with Crippen LogP contribution in [0.15, 0.2) is 30.5 Å². The van der Waals surface area contributed by atoms with Crippen molar-refractivity contribution in [1.82, 2.24) is 9.97 Å². The second-order valence-corrected chi connectivity index (χ2v) is 4.31. The fourth-order valence-electron chi connectivity index (χ4n) is 1.84. The molecule has 0 fully saturated rings. The molecule has 2 N–H and O–H groups in total. The first-order valence-corrected chi connectivity index (χ1v) is 5.88. The van der Waals surface area contributed by atoms with E-state index in [0.29, 0.717) is 13.2 Å². The Morgan fingerprint density at radius 3 is 2.78 bits per heavy atom. The molecule has 0 aliphatic rings. The Bertz CT molecular complexity index is 517. The number of fused-ring (bicyclic) bond motifs is 1. The molecule has 1 unspecified atom stereocenters. The third-order valence-corrected chi connectivity index (χ3v) is 2.72. The van der Waals surface area contributed by atoms with E-state index in [9.17, 15) is 0 Å². The standard InChI is InChI=1S/C13H18N4O/c1-17(8-10(14)9-18-2)13-7-15-11-5-3-4-6-12(11)16-13/h3-7,10H,8-9,14H2,1-2H3. The number of ether oxygens (including phenoxy) is 1. The van der Waals surface area contributed by atoms with Gasteiger partial charge in [-0.3, -0.25) is 4.98 Å². The quantitative estimate of drug-likeness (QED) is 0.854. The first-order valence-electron chi connectivity index (χ1n) is 5.88. The molecule has 1 aromatic heterocycles. The number of hydrogen-bond acceptors (Lipinski definition) is 5. The van der Waals surface area contributed by atoms with Crippen LogP contribution < -0.4 is 10.6 Å². The number of hydrogen-bond donors (Lipinski definition) is 1. The van der Waals surface area contributed by atoms with Crippen LogP contribution in [0, 0.1) is 0 Å². The van der Waals surface area contributed by atoms with Crippen molar-refractivity contribution in [1.29, 1.82) is 0 Å². The van der Waals surface area contributed by atoms with Gasteiger partial charge in [-0.05, 0) is 12.1 Å². The van der Waals surface area contributed by atoms with Gasteiger partial charge in [0.25, 0.3) is 0 Å². The fraction of sp³-hybridized carbons (Fsp3) is 0.385. The van der Waals surface area contributed by atoms with Crippen molar-refractivity contribution in [3.8, 4) is 0 Å². The number of nitrogens with two attached hydrogens (primary N) is 1. The van der Waals surface area contributed by atoms with Gasteiger partial charge in [-0.1, -0.05) is 12.1 Å². The highest BCUT2D eigenvalue weighted by atomic mass is 16.5. The minimum Gasteiger partial charge on any atom is -0.383 e. The summed E-state index contributed by atoms with van der Waals surface area (Å²) in [7, 11) is 3.60. The first kappa shape index (κ1) is 12.7. The molecular weight excluding hydrogens is 228 g/mol. The molecule has 1 heterocycles. The molecule has 18 heavy (non-hydrogen) atoms. The molecule has 1 aromatic carbocycles. The van der Waals surface area contributed by atoms with Gasteiger partial charge in [-0.2, -0.15) is 0 Å². The topological polar surface area (TPSA) is 64.3 Å². The van der Waals surface area contributed by atoms with Crippen LogP contribution in [-0.4, -0.2) is 43.3 Å². The van der Waals surface area contributed by atoms with Gasteiger partial charge in [0, 0.05) is 26.7 Å². The number of anilines is 1. The lowest BCUT2D eigenvalue weighted by Gasteiger charge is -2.21. The highest BCUT2D eigenvalue weighted by Gasteiger charge is 2.09. The van der Waals surface area contributed by atoms with Crippen LogP contribution in [0.5, 0.6) is 0 Å². The largest absolute Gasteiger partial charge is 0.383 e. The van der Waals surface area contributed by atoms with Crippen LogP contribution in [-0.2, 0) is 4.74 Å². The summed E-state index contributed by atoms with van der Waals surface area (Å²) in [4.78, 5) is 10.9. The number of nitrogens with zero attached hydrogens (tertiary/aromatic N) is 3. The molecule has 0 saturated heterocycles. The van der Waals surface area contributed by atoms with E-state index >= 15 is 0 Å². The summed E-state index contributed by atoms with van der Waals surface area (Å²) in [6.07, 6.45) is 1.77. The fourth-order valence-corrected chi connectivity index (χ4v) is 1.84. The Hall–Kier alpha value is -1.72. The van der Waals surface area contributed by atoms with E-state index in [4.69, 9.17) is 10.5 Å². The van der Waals surface area contributed by atoms with Gasteiger partial charge in [0.05, 0.1) is 23.8 Å². The summed E-state index contributed by atoms with van der Waals surface area (Å²) >= 11 is 0. The number of benzene rings is 1. The van der Waals surface area contributed by atoms with E-state index in [1.54, 1.807) is 13.3 Å². The summed E-state index contributed by atoms with van der Waals surface area (Å²) in [6, 6.07) is 7.78. The van der Waals surface area contributed by atoms with E-state index in [2.05, 4.69) is 9.97 Å². The molecule has 2 aromatic rings. The molecular formula is C13H18N4O. The van der Waals surface area contributed by atoms with E-state index in [0.717, 1.165) is 16.9 Å². The molecule has 0 spiro atoms. The lowest BCUT2D eigenvalue weighted by atomic mass is 10.3. The molecule has 1 atom stereocenters. The highest BCUT2D eigenvalue weighted by Crippen LogP contribution is 2.13. The SMILES string of the molecule is COCC(N)CN(C)c1cnc2ccccc2n1. The Kier molecular flexibility index (Phi) is 4.07. The van der Waals surface area contributed by atoms with Crippen molar-refractivity contribution in [2.24, 2.45) is 5.73 Å². The highest BCUT2D eigenvalue weighted by molar-refractivity contribution is 5.75. The van der Waals surface area contributed by atoms with Crippen molar-refractivity contribution >= 4 is 16.9 Å². The van der Waals surface area contributed by atoms with Crippen LogP contribution >= 0.6 is 0 Å². The lowest BCUT2D eigenvalue weighted by molar-refractivity contribution is 0.181. The zero-order valence-electron chi connectivity index (χ0n) is 10.7. The molecule has 0 amide bonds. The van der Waals surface area contributed by atoms with Crippen molar-refractivity contribution in [3.05, 3.63) is 30.5 Å². The predicted molar refractivity (Wildman–Crippen MR) is 72.7 cm³/mol. The average Bonchev–Trinajstić information content (AvgIpc) is 2.38. The van der Waals surface area contributed by atoms with Gasteiger partial charge in [0.1, 0.15) is 5.82 Å². The van der Waals surface area contributed by atoms with Crippen LogP contribution in [0.2, 0.25) is 0 Å². The summed E-state index contributed by atoms with van der Waals surface area (Å²) in [6.45, 7) is 1.21. The van der Waals surface area contributed by atoms with Crippen molar-refractivity contribution in [3.63, 3.8) is 0 Å². The maximum Gasteiger partial charge on any atom is 0.147 e. The second-order valence-electron chi connectivity index (χ2n) is 4.31. The summed E-state index contributed by atoms with van der Waals surface area (Å²) in [5, 5.41) is 0. The maximum absolute atomic E-state index is 5.92. The van der Waals surface area contributed by atoms with Gasteiger partial charge < -0.3 is 15.4 Å². The lowest BCUT2D eigenvalue weighted by Crippen LogP contribution is -2.38.